The molecule has 3 aromatic rings. The number of carbonyl (C=O) groups is 1. The Morgan fingerprint density at radius 1 is 1.35 bits per heavy atom. The largest absolute Gasteiger partial charge is 0.490 e. The van der Waals surface area contributed by atoms with E-state index in [4.69, 9.17) is 9.26 Å². The van der Waals surface area contributed by atoms with E-state index in [1.54, 1.807) is 12.1 Å². The van der Waals surface area contributed by atoms with Crippen LogP contribution in [-0.4, -0.2) is 35.1 Å². The van der Waals surface area contributed by atoms with Crippen LogP contribution >= 0.6 is 11.9 Å². The second kappa shape index (κ2) is 10.7. The van der Waals surface area contributed by atoms with Crippen molar-refractivity contribution in [2.75, 3.05) is 12.9 Å². The lowest BCUT2D eigenvalue weighted by molar-refractivity contribution is -0.140. The van der Waals surface area contributed by atoms with E-state index in [-0.39, 0.29) is 18.1 Å². The Kier molecular flexibility index (Phi) is 7.50. The molecular formula is C25H26N4O4S. The second-order valence-electron chi connectivity index (χ2n) is 8.17. The molecule has 4 rings (SSSR count). The van der Waals surface area contributed by atoms with Gasteiger partial charge in [-0.2, -0.15) is 10.2 Å². The molecule has 1 aliphatic rings. The lowest BCUT2D eigenvalue weighted by atomic mass is 10.0. The first-order chi connectivity index (χ1) is 16.5. The summed E-state index contributed by atoms with van der Waals surface area (Å²) >= 11 is 1.53. The maximum atomic E-state index is 11.3. The van der Waals surface area contributed by atoms with Crippen LogP contribution in [0.2, 0.25) is 0 Å². The van der Waals surface area contributed by atoms with E-state index in [2.05, 4.69) is 31.7 Å². The average Bonchev–Trinajstić information content (AvgIpc) is 3.49. The van der Waals surface area contributed by atoms with E-state index < -0.39 is 0 Å². The normalized spacial score (nSPS) is 14.6. The number of aromatic nitrogens is 2. The number of ether oxygens (including phenoxy) is 2. The number of methoxy groups -OCH3 is 1. The first-order valence-electron chi connectivity index (χ1n) is 11.1. The van der Waals surface area contributed by atoms with Gasteiger partial charge in [-0.25, -0.2) is 0 Å². The van der Waals surface area contributed by atoms with E-state index in [1.165, 1.54) is 30.2 Å². The van der Waals surface area contributed by atoms with Gasteiger partial charge in [0.2, 0.25) is 5.82 Å². The summed E-state index contributed by atoms with van der Waals surface area (Å²) in [6.07, 6.45) is 2.19. The molecule has 0 spiro atoms. The molecule has 1 heterocycles. The SMILES string of the molecule is COC(=O)CCSNC1CCc2c(-c3noc(-c4ccc(OC(C)C)c(C#N)c4)n3)cccc21. The summed E-state index contributed by atoms with van der Waals surface area (Å²) in [5, 5.41) is 13.7. The number of hydrogen-bond acceptors (Lipinski definition) is 9. The van der Waals surface area contributed by atoms with Crippen molar-refractivity contribution in [1.82, 2.24) is 14.9 Å². The smallest absolute Gasteiger partial charge is 0.306 e. The molecule has 34 heavy (non-hydrogen) atoms. The molecule has 0 bridgehead atoms. The van der Waals surface area contributed by atoms with E-state index in [1.807, 2.05) is 32.0 Å². The first kappa shape index (κ1) is 23.8. The quantitative estimate of drug-likeness (QED) is 0.262. The highest BCUT2D eigenvalue weighted by molar-refractivity contribution is 7.97. The van der Waals surface area contributed by atoms with Gasteiger partial charge in [-0.3, -0.25) is 9.52 Å². The summed E-state index contributed by atoms with van der Waals surface area (Å²) in [6.45, 7) is 3.83. The van der Waals surface area contributed by atoms with Gasteiger partial charge in [0.05, 0.1) is 25.2 Å². The number of nitrogens with zero attached hydrogens (tertiary/aromatic N) is 3. The Balaban J connectivity index is 1.51. The predicted molar refractivity (Wildman–Crippen MR) is 129 cm³/mol. The number of esters is 1. The van der Waals surface area contributed by atoms with Crippen LogP contribution in [0.1, 0.15) is 49.4 Å². The third kappa shape index (κ3) is 5.24. The minimum absolute atomic E-state index is 0.0299. The molecule has 1 aromatic heterocycles. The van der Waals surface area contributed by atoms with Crippen LogP contribution in [-0.2, 0) is 16.0 Å². The molecule has 0 saturated heterocycles. The fourth-order valence-electron chi connectivity index (χ4n) is 3.94. The Morgan fingerprint density at radius 3 is 2.97 bits per heavy atom. The highest BCUT2D eigenvalue weighted by Gasteiger charge is 2.26. The lowest BCUT2D eigenvalue weighted by Crippen LogP contribution is -2.13. The van der Waals surface area contributed by atoms with Crippen LogP contribution in [0, 0.1) is 11.3 Å². The monoisotopic (exact) mass is 478 g/mol. The summed E-state index contributed by atoms with van der Waals surface area (Å²) in [4.78, 5) is 15.9. The van der Waals surface area contributed by atoms with Gasteiger partial charge in [0.1, 0.15) is 11.8 Å². The number of fused-ring (bicyclic) bond motifs is 1. The van der Waals surface area contributed by atoms with Crippen LogP contribution in [0.3, 0.4) is 0 Å². The van der Waals surface area contributed by atoms with Gasteiger partial charge in [0.15, 0.2) is 0 Å². The van der Waals surface area contributed by atoms with Crippen molar-refractivity contribution in [2.24, 2.45) is 0 Å². The zero-order chi connectivity index (χ0) is 24.1. The Bertz CT molecular complexity index is 1220. The summed E-state index contributed by atoms with van der Waals surface area (Å²) < 4.78 is 19.4. The van der Waals surface area contributed by atoms with E-state index in [0.717, 1.165) is 18.4 Å². The highest BCUT2D eigenvalue weighted by Crippen LogP contribution is 2.38. The number of rotatable bonds is 9. The van der Waals surface area contributed by atoms with Crippen molar-refractivity contribution in [3.05, 3.63) is 53.1 Å². The van der Waals surface area contributed by atoms with Crippen molar-refractivity contribution in [3.8, 4) is 34.7 Å². The molecule has 0 saturated carbocycles. The van der Waals surface area contributed by atoms with Crippen LogP contribution in [0.4, 0.5) is 0 Å². The van der Waals surface area contributed by atoms with Crippen molar-refractivity contribution >= 4 is 17.9 Å². The zero-order valence-electron chi connectivity index (χ0n) is 19.3. The van der Waals surface area contributed by atoms with Gasteiger partial charge >= 0.3 is 5.97 Å². The van der Waals surface area contributed by atoms with Gasteiger partial charge in [-0.15, -0.1) is 0 Å². The summed E-state index contributed by atoms with van der Waals surface area (Å²) in [5.41, 5.74) is 4.43. The molecule has 9 heteroatoms. The van der Waals surface area contributed by atoms with E-state index >= 15 is 0 Å². The number of hydrogen-bond donors (Lipinski definition) is 1. The van der Waals surface area contributed by atoms with Crippen LogP contribution in [0.15, 0.2) is 40.9 Å². The first-order valence-corrected chi connectivity index (χ1v) is 12.1. The lowest BCUT2D eigenvalue weighted by Gasteiger charge is -2.13. The number of nitriles is 1. The van der Waals surface area contributed by atoms with Gasteiger partial charge in [0, 0.05) is 22.9 Å². The third-order valence-electron chi connectivity index (χ3n) is 5.51. The Hall–Kier alpha value is -3.35. The second-order valence-corrected chi connectivity index (χ2v) is 9.10. The molecule has 0 radical (unpaired) electrons. The molecule has 0 aliphatic heterocycles. The minimum atomic E-state index is -0.208. The van der Waals surface area contributed by atoms with Crippen molar-refractivity contribution in [1.29, 1.82) is 5.26 Å². The topological polar surface area (TPSA) is 110 Å². The van der Waals surface area contributed by atoms with Gasteiger partial charge in [-0.1, -0.05) is 35.3 Å². The maximum absolute atomic E-state index is 11.3. The van der Waals surface area contributed by atoms with Crippen molar-refractivity contribution in [2.45, 2.75) is 45.3 Å². The standard InChI is InChI=1S/C25H26N4O4S/c1-15(2)32-22-10-7-16(13-17(22)14-26)25-27-24(28-33-25)20-6-4-5-19-18(20)8-9-21(19)29-34-12-11-23(30)31-3/h4-7,10,13,15,21,29H,8-9,11-12H2,1-3H3. The fourth-order valence-corrected chi connectivity index (χ4v) is 4.77. The molecule has 8 nitrogen and oxygen atoms in total. The molecule has 176 valence electrons. The molecule has 1 unspecified atom stereocenters. The van der Waals surface area contributed by atoms with Gasteiger partial charge in [-0.05, 0) is 56.0 Å². The summed E-state index contributed by atoms with van der Waals surface area (Å²) in [6, 6.07) is 13.7. The molecule has 0 amide bonds. The number of nitrogens with one attached hydrogen (secondary N) is 1. The minimum Gasteiger partial charge on any atom is -0.490 e. The molecule has 1 atom stereocenters. The van der Waals surface area contributed by atoms with Crippen LogP contribution < -0.4 is 9.46 Å². The van der Waals surface area contributed by atoms with Gasteiger partial charge < -0.3 is 14.0 Å². The van der Waals surface area contributed by atoms with E-state index in [0.29, 0.717) is 40.8 Å². The molecule has 2 aromatic carbocycles. The third-order valence-corrected chi connectivity index (χ3v) is 6.37. The summed E-state index contributed by atoms with van der Waals surface area (Å²) in [5.74, 6) is 1.85. The molecule has 1 aliphatic carbocycles. The van der Waals surface area contributed by atoms with Crippen molar-refractivity contribution < 1.29 is 18.8 Å². The van der Waals surface area contributed by atoms with Crippen molar-refractivity contribution in [3.63, 3.8) is 0 Å². The fraction of sp³-hybridized carbons (Fsp3) is 0.360. The Morgan fingerprint density at radius 2 is 2.21 bits per heavy atom. The summed E-state index contributed by atoms with van der Waals surface area (Å²) in [7, 11) is 1.40. The highest BCUT2D eigenvalue weighted by atomic mass is 32.2. The number of carbonyl (C=O) groups excluding carboxylic acids is 1. The molecule has 1 N–H and O–H groups in total. The van der Waals surface area contributed by atoms with E-state index in [9.17, 15) is 10.1 Å². The predicted octanol–water partition coefficient (Wildman–Crippen LogP) is 4.85. The van der Waals surface area contributed by atoms with Gasteiger partial charge in [0.25, 0.3) is 5.89 Å². The molecular weight excluding hydrogens is 452 g/mol. The molecule has 0 fully saturated rings. The zero-order valence-corrected chi connectivity index (χ0v) is 20.1. The maximum Gasteiger partial charge on any atom is 0.306 e. The van der Waals surface area contributed by atoms with Crippen LogP contribution in [0.5, 0.6) is 5.75 Å². The average molecular weight is 479 g/mol. The number of benzene rings is 2. The van der Waals surface area contributed by atoms with Crippen LogP contribution in [0.25, 0.3) is 22.8 Å². The Labute approximate surface area is 202 Å².